The monoisotopic (exact) mass is 358 g/mol. The number of aliphatic hydroxyl groups is 1. The van der Waals surface area contributed by atoms with Gasteiger partial charge in [-0.25, -0.2) is 8.78 Å². The van der Waals surface area contributed by atoms with Gasteiger partial charge in [0, 0.05) is 26.2 Å². The summed E-state index contributed by atoms with van der Waals surface area (Å²) in [4.78, 5) is 1.72. The number of benzene rings is 2. The minimum Gasteiger partial charge on any atom is -0.508 e. The number of hydrogen-bond acceptors (Lipinski definition) is 4. The van der Waals surface area contributed by atoms with Crippen LogP contribution >= 0.6 is 12.4 Å². The first kappa shape index (κ1) is 18.9. The van der Waals surface area contributed by atoms with Gasteiger partial charge in [-0.1, -0.05) is 18.2 Å². The molecule has 0 unspecified atom stereocenters. The molecule has 0 saturated carbocycles. The minimum absolute atomic E-state index is 0. The number of alkyl halides is 2. The maximum absolute atomic E-state index is 14.4. The molecule has 1 fully saturated rings. The third kappa shape index (κ3) is 3.78. The second-order valence-electron chi connectivity index (χ2n) is 5.90. The first-order chi connectivity index (χ1) is 11.0. The summed E-state index contributed by atoms with van der Waals surface area (Å²) in [6.07, 6.45) is 0. The molecule has 4 nitrogen and oxygen atoms in total. The molecule has 2 aromatic carbocycles. The fourth-order valence-electron chi connectivity index (χ4n) is 3.17. The van der Waals surface area contributed by atoms with Crippen molar-refractivity contribution >= 4 is 23.2 Å². The summed E-state index contributed by atoms with van der Waals surface area (Å²) in [7, 11) is 0. The minimum atomic E-state index is -3.22. The number of nitrogens with zero attached hydrogens (tertiary/aromatic N) is 1. The molecular weight excluding hydrogens is 338 g/mol. The molecule has 3 rings (SSSR count). The number of hydrogen-bond donors (Lipinski definition) is 3. The highest BCUT2D eigenvalue weighted by atomic mass is 35.5. The van der Waals surface area contributed by atoms with Gasteiger partial charge in [-0.2, -0.15) is 0 Å². The molecule has 0 aromatic heterocycles. The number of phenols is 1. The molecule has 0 spiro atoms. The van der Waals surface area contributed by atoms with Gasteiger partial charge < -0.3 is 15.5 Å². The van der Waals surface area contributed by atoms with E-state index in [4.69, 9.17) is 0 Å². The molecule has 1 saturated heterocycles. The quantitative estimate of drug-likeness (QED) is 0.786. The lowest BCUT2D eigenvalue weighted by Gasteiger charge is -2.38. The number of piperazine rings is 1. The number of aromatic hydroxyl groups is 1. The van der Waals surface area contributed by atoms with Gasteiger partial charge in [0.2, 0.25) is 0 Å². The fourth-order valence-corrected chi connectivity index (χ4v) is 3.17. The van der Waals surface area contributed by atoms with E-state index in [0.29, 0.717) is 31.7 Å². The summed E-state index contributed by atoms with van der Waals surface area (Å²) >= 11 is 0. The second kappa shape index (κ2) is 7.61. The van der Waals surface area contributed by atoms with Crippen molar-refractivity contribution in [2.45, 2.75) is 12.0 Å². The van der Waals surface area contributed by atoms with Crippen LogP contribution in [0.2, 0.25) is 0 Å². The highest BCUT2D eigenvalue weighted by molar-refractivity contribution is 5.85. The largest absolute Gasteiger partial charge is 0.508 e. The summed E-state index contributed by atoms with van der Waals surface area (Å²) < 4.78 is 28.8. The standard InChI is InChI=1S/C17H20F2N2O2.ClH/c18-17(19,11-22)16(21-7-5-20-6-8-21)14-2-1-13-10-15(23)4-3-12(13)9-14;/h1-4,9-10,16,20,22-23H,5-8,11H2;1H/t16-;/m0./s1. The fraction of sp³-hybridized carbons (Fsp3) is 0.412. The first-order valence-corrected chi connectivity index (χ1v) is 7.67. The van der Waals surface area contributed by atoms with Crippen LogP contribution in [0.15, 0.2) is 36.4 Å². The summed E-state index contributed by atoms with van der Waals surface area (Å²) in [5.74, 6) is -3.08. The Morgan fingerprint density at radius 2 is 1.71 bits per heavy atom. The van der Waals surface area contributed by atoms with Crippen molar-refractivity contribution < 1.29 is 19.0 Å². The second-order valence-corrected chi connectivity index (χ2v) is 5.90. The highest BCUT2D eigenvalue weighted by Gasteiger charge is 2.44. The molecule has 0 bridgehead atoms. The van der Waals surface area contributed by atoms with Crippen molar-refractivity contribution in [1.29, 1.82) is 0 Å². The molecule has 7 heteroatoms. The van der Waals surface area contributed by atoms with E-state index in [0.717, 1.165) is 10.8 Å². The molecular formula is C17H21ClF2N2O2. The van der Waals surface area contributed by atoms with Crippen LogP contribution in [0.3, 0.4) is 0 Å². The Hall–Kier alpha value is -1.47. The predicted molar refractivity (Wildman–Crippen MR) is 92.1 cm³/mol. The number of rotatable bonds is 4. The van der Waals surface area contributed by atoms with Crippen LogP contribution < -0.4 is 5.32 Å². The summed E-state index contributed by atoms with van der Waals surface area (Å²) in [5.41, 5.74) is 0.476. The van der Waals surface area contributed by atoms with Crippen LogP contribution in [-0.2, 0) is 0 Å². The summed E-state index contributed by atoms with van der Waals surface area (Å²) in [5, 5.41) is 23.4. The average Bonchev–Trinajstić information content (AvgIpc) is 2.56. The van der Waals surface area contributed by atoms with Crippen molar-refractivity contribution in [1.82, 2.24) is 10.2 Å². The van der Waals surface area contributed by atoms with Crippen LogP contribution in [0.25, 0.3) is 10.8 Å². The Balaban J connectivity index is 0.00000208. The molecule has 0 radical (unpaired) electrons. The molecule has 1 aliphatic rings. The van der Waals surface area contributed by atoms with Crippen LogP contribution in [0.5, 0.6) is 5.75 Å². The van der Waals surface area contributed by atoms with E-state index in [9.17, 15) is 19.0 Å². The lowest BCUT2D eigenvalue weighted by Crippen LogP contribution is -2.51. The van der Waals surface area contributed by atoms with Gasteiger partial charge in [0.05, 0.1) is 0 Å². The topological polar surface area (TPSA) is 55.7 Å². The average molecular weight is 359 g/mol. The zero-order valence-electron chi connectivity index (χ0n) is 13.1. The zero-order chi connectivity index (χ0) is 16.4. The van der Waals surface area contributed by atoms with E-state index < -0.39 is 18.6 Å². The third-order valence-electron chi connectivity index (χ3n) is 4.29. The summed E-state index contributed by atoms with van der Waals surface area (Å²) in [6, 6.07) is 8.78. The number of fused-ring (bicyclic) bond motifs is 1. The third-order valence-corrected chi connectivity index (χ3v) is 4.29. The molecule has 3 N–H and O–H groups in total. The van der Waals surface area contributed by atoms with Gasteiger partial charge in [0.1, 0.15) is 18.4 Å². The lowest BCUT2D eigenvalue weighted by atomic mass is 9.95. The van der Waals surface area contributed by atoms with Crippen LogP contribution in [-0.4, -0.2) is 53.8 Å². The number of aliphatic hydroxyl groups excluding tert-OH is 1. The Labute approximate surface area is 145 Å². The zero-order valence-corrected chi connectivity index (χ0v) is 13.9. The van der Waals surface area contributed by atoms with Crippen LogP contribution in [0.1, 0.15) is 11.6 Å². The Morgan fingerprint density at radius 3 is 2.38 bits per heavy atom. The van der Waals surface area contributed by atoms with Gasteiger partial charge in [0.15, 0.2) is 0 Å². The normalized spacial score (nSPS) is 17.5. The molecule has 0 amide bonds. The Kier molecular flexibility index (Phi) is 5.98. The molecule has 24 heavy (non-hydrogen) atoms. The van der Waals surface area contributed by atoms with Crippen molar-refractivity contribution in [3.8, 4) is 5.75 Å². The summed E-state index contributed by atoms with van der Waals surface area (Å²) in [6.45, 7) is 1.13. The lowest BCUT2D eigenvalue weighted by molar-refractivity contribution is -0.118. The molecule has 1 aliphatic heterocycles. The Morgan fingerprint density at radius 1 is 1.08 bits per heavy atom. The predicted octanol–water partition coefficient (Wildman–Crippen LogP) is 2.54. The van der Waals surface area contributed by atoms with Gasteiger partial charge in [-0.05, 0) is 34.5 Å². The number of nitrogens with one attached hydrogen (secondary N) is 1. The van der Waals surface area contributed by atoms with E-state index in [2.05, 4.69) is 5.32 Å². The van der Waals surface area contributed by atoms with E-state index in [-0.39, 0.29) is 18.2 Å². The smallest absolute Gasteiger partial charge is 0.289 e. The van der Waals surface area contributed by atoms with Gasteiger partial charge in [0.25, 0.3) is 5.92 Å². The van der Waals surface area contributed by atoms with Crippen molar-refractivity contribution in [2.24, 2.45) is 0 Å². The van der Waals surface area contributed by atoms with E-state index in [1.54, 1.807) is 35.2 Å². The number of halogens is 3. The van der Waals surface area contributed by atoms with Gasteiger partial charge in [-0.15, -0.1) is 12.4 Å². The van der Waals surface area contributed by atoms with Crippen molar-refractivity contribution in [3.05, 3.63) is 42.0 Å². The molecule has 132 valence electrons. The maximum Gasteiger partial charge on any atom is 0.289 e. The van der Waals surface area contributed by atoms with Gasteiger partial charge >= 0.3 is 0 Å². The molecule has 1 heterocycles. The highest BCUT2D eigenvalue weighted by Crippen LogP contribution is 2.37. The number of phenolic OH excluding ortho intramolecular Hbond substituents is 1. The molecule has 2 aromatic rings. The van der Waals surface area contributed by atoms with Gasteiger partial charge in [-0.3, -0.25) is 4.90 Å². The molecule has 0 aliphatic carbocycles. The van der Waals surface area contributed by atoms with Crippen LogP contribution in [0.4, 0.5) is 8.78 Å². The Bertz CT molecular complexity index is 693. The van der Waals surface area contributed by atoms with Crippen molar-refractivity contribution in [3.63, 3.8) is 0 Å². The SMILES string of the molecule is Cl.OCC(F)(F)[C@H](c1ccc2cc(O)ccc2c1)N1CCNCC1. The van der Waals surface area contributed by atoms with E-state index >= 15 is 0 Å². The molecule has 1 atom stereocenters. The maximum atomic E-state index is 14.4. The van der Waals surface area contributed by atoms with Crippen LogP contribution in [0, 0.1) is 0 Å². The first-order valence-electron chi connectivity index (χ1n) is 7.67. The van der Waals surface area contributed by atoms with E-state index in [1.165, 1.54) is 6.07 Å². The van der Waals surface area contributed by atoms with Crippen molar-refractivity contribution in [2.75, 3.05) is 32.8 Å². The van der Waals surface area contributed by atoms with E-state index in [1.807, 2.05) is 0 Å².